The number of hydrogen-bond donors (Lipinski definition) is 0. The van der Waals surface area contributed by atoms with Crippen molar-refractivity contribution in [2.45, 2.75) is 50.6 Å². The molecule has 5 heteroatoms. The zero-order chi connectivity index (χ0) is 10.8. The van der Waals surface area contributed by atoms with Crippen molar-refractivity contribution in [1.29, 1.82) is 0 Å². The highest BCUT2D eigenvalue weighted by Gasteiger charge is 1.97. The van der Waals surface area contributed by atoms with Gasteiger partial charge in [0.15, 0.2) is 0 Å². The van der Waals surface area contributed by atoms with Crippen LogP contribution in [0.3, 0.4) is 0 Å². The summed E-state index contributed by atoms with van der Waals surface area (Å²) in [6.07, 6.45) is 8.23. The molecule has 0 saturated heterocycles. The number of unbranched alkanes of at least 4 members (excludes halogenated alkanes) is 5. The summed E-state index contributed by atoms with van der Waals surface area (Å²) >= 11 is 1.42. The van der Waals surface area contributed by atoms with Crippen LogP contribution in [0.4, 0.5) is 0 Å². The van der Waals surface area contributed by atoms with Crippen LogP contribution in [0.1, 0.15) is 45.4 Å². The van der Waals surface area contributed by atoms with Gasteiger partial charge in [0.2, 0.25) is 5.16 Å². The number of nitrogens with zero attached hydrogens (tertiary/aromatic N) is 2. The van der Waals surface area contributed by atoms with E-state index in [2.05, 4.69) is 16.3 Å². The second kappa shape index (κ2) is 9.48. The Kier molecular flexibility index (Phi) is 8.42. The Balaban J connectivity index is 1.81. The first-order valence-corrected chi connectivity index (χ1v) is 8.65. The van der Waals surface area contributed by atoms with Crippen LogP contribution in [0, 0.1) is 0 Å². The average Bonchev–Trinajstić information content (AvgIpc) is 2.75. The van der Waals surface area contributed by atoms with Crippen LogP contribution in [0.25, 0.3) is 0 Å². The van der Waals surface area contributed by atoms with Crippen LogP contribution < -0.4 is 0 Å². The third kappa shape index (κ3) is 7.19. The lowest BCUT2D eigenvalue weighted by Gasteiger charge is -1.99. The van der Waals surface area contributed by atoms with Crippen LogP contribution in [-0.2, 0) is 0 Å². The first-order valence-electron chi connectivity index (χ1n) is 5.49. The van der Waals surface area contributed by atoms with Gasteiger partial charge in [0.25, 0.3) is 0 Å². The van der Waals surface area contributed by atoms with E-state index in [0.29, 0.717) is 0 Å². The minimum atomic E-state index is 0.913. The van der Waals surface area contributed by atoms with E-state index in [4.69, 9.17) is 0 Å². The molecule has 15 heavy (non-hydrogen) atoms. The summed E-state index contributed by atoms with van der Waals surface area (Å²) in [6, 6.07) is 0. The Morgan fingerprint density at radius 3 is 2.73 bits per heavy atom. The Bertz CT molecular complexity index is 227. The van der Waals surface area contributed by atoms with E-state index in [9.17, 15) is 0 Å². The van der Waals surface area contributed by atoms with Crippen molar-refractivity contribution in [3.05, 3.63) is 5.51 Å². The molecule has 1 aromatic heterocycles. The lowest BCUT2D eigenvalue weighted by atomic mass is 10.1. The lowest BCUT2D eigenvalue weighted by Crippen LogP contribution is -1.81. The van der Waals surface area contributed by atoms with E-state index in [1.165, 1.54) is 55.8 Å². The van der Waals surface area contributed by atoms with Crippen molar-refractivity contribution >= 4 is 33.1 Å². The molecule has 0 N–H and O–H groups in total. The maximum absolute atomic E-state index is 4.15. The highest BCUT2D eigenvalue weighted by atomic mass is 33.1. The fourth-order valence-electron chi connectivity index (χ4n) is 1.23. The van der Waals surface area contributed by atoms with Gasteiger partial charge in [-0.15, -0.1) is 0 Å². The minimum Gasteiger partial charge on any atom is -0.217 e. The highest BCUT2D eigenvalue weighted by molar-refractivity contribution is 8.76. The highest BCUT2D eigenvalue weighted by Crippen LogP contribution is 2.29. The Hall–Kier alpha value is 0.260. The van der Waals surface area contributed by atoms with Crippen molar-refractivity contribution in [3.63, 3.8) is 0 Å². The normalized spacial score (nSPS) is 10.7. The topological polar surface area (TPSA) is 25.8 Å². The zero-order valence-electron chi connectivity index (χ0n) is 9.15. The van der Waals surface area contributed by atoms with Gasteiger partial charge in [0.1, 0.15) is 5.51 Å². The molecule has 0 spiro atoms. The predicted octanol–water partition coefficient (Wildman–Crippen LogP) is 4.64. The molecule has 0 saturated carbocycles. The largest absolute Gasteiger partial charge is 0.217 e. The summed E-state index contributed by atoms with van der Waals surface area (Å²) < 4.78 is 4.15. The summed E-state index contributed by atoms with van der Waals surface area (Å²) in [6.45, 7) is 2.26. The van der Waals surface area contributed by atoms with Crippen molar-refractivity contribution in [3.8, 4) is 0 Å². The standard InChI is InChI=1S/C10H18N2S3/c1-2-3-4-5-6-7-8-14-15-10-11-9-13-12-10/h9H,2-8H2,1H3. The first kappa shape index (κ1) is 13.3. The first-order chi connectivity index (χ1) is 7.43. The Morgan fingerprint density at radius 2 is 2.00 bits per heavy atom. The molecule has 0 atom stereocenters. The molecule has 86 valence electrons. The van der Waals surface area contributed by atoms with Crippen molar-refractivity contribution in [2.75, 3.05) is 5.75 Å². The van der Waals surface area contributed by atoms with E-state index in [1.54, 1.807) is 16.3 Å². The number of hydrogen-bond acceptors (Lipinski definition) is 5. The third-order valence-electron chi connectivity index (χ3n) is 2.06. The fraction of sp³-hybridized carbons (Fsp3) is 0.800. The molecule has 0 aliphatic heterocycles. The van der Waals surface area contributed by atoms with Crippen LogP contribution in [-0.4, -0.2) is 15.1 Å². The van der Waals surface area contributed by atoms with Crippen LogP contribution in [0.5, 0.6) is 0 Å². The molecule has 0 fully saturated rings. The van der Waals surface area contributed by atoms with E-state index in [0.717, 1.165) is 5.16 Å². The van der Waals surface area contributed by atoms with Gasteiger partial charge in [0, 0.05) is 5.75 Å². The summed E-state index contributed by atoms with van der Waals surface area (Å²) in [7, 11) is 3.57. The van der Waals surface area contributed by atoms with Gasteiger partial charge in [-0.25, -0.2) is 4.98 Å². The average molecular weight is 262 g/mol. The monoisotopic (exact) mass is 262 g/mol. The van der Waals surface area contributed by atoms with Crippen molar-refractivity contribution < 1.29 is 0 Å². The summed E-state index contributed by atoms with van der Waals surface area (Å²) in [5.74, 6) is 1.22. The molecular weight excluding hydrogens is 244 g/mol. The van der Waals surface area contributed by atoms with Gasteiger partial charge in [-0.3, -0.25) is 0 Å². The molecule has 1 aromatic rings. The van der Waals surface area contributed by atoms with Crippen molar-refractivity contribution in [1.82, 2.24) is 9.36 Å². The summed E-state index contributed by atoms with van der Waals surface area (Å²) in [5, 5.41) is 0.913. The molecule has 1 rings (SSSR count). The molecule has 2 nitrogen and oxygen atoms in total. The van der Waals surface area contributed by atoms with Gasteiger partial charge < -0.3 is 0 Å². The van der Waals surface area contributed by atoms with Gasteiger partial charge >= 0.3 is 0 Å². The van der Waals surface area contributed by atoms with E-state index < -0.39 is 0 Å². The third-order valence-corrected chi connectivity index (χ3v) is 4.87. The second-order valence-electron chi connectivity index (χ2n) is 3.39. The molecule has 1 heterocycles. The molecule has 0 amide bonds. The molecule has 0 aliphatic carbocycles. The fourth-order valence-corrected chi connectivity index (χ4v) is 3.81. The Labute approximate surface area is 104 Å². The van der Waals surface area contributed by atoms with Crippen LogP contribution >= 0.6 is 33.1 Å². The zero-order valence-corrected chi connectivity index (χ0v) is 11.6. The predicted molar refractivity (Wildman–Crippen MR) is 71.6 cm³/mol. The minimum absolute atomic E-state index is 0.913. The van der Waals surface area contributed by atoms with Gasteiger partial charge in [-0.2, -0.15) is 4.37 Å². The van der Waals surface area contributed by atoms with Crippen LogP contribution in [0.2, 0.25) is 0 Å². The molecule has 0 aliphatic rings. The smallest absolute Gasteiger partial charge is 0.210 e. The molecular formula is C10H18N2S3. The van der Waals surface area contributed by atoms with Gasteiger partial charge in [0.05, 0.1) is 0 Å². The maximum atomic E-state index is 4.15. The molecule has 0 aromatic carbocycles. The van der Waals surface area contributed by atoms with Crippen LogP contribution in [0.15, 0.2) is 10.7 Å². The van der Waals surface area contributed by atoms with Gasteiger partial charge in [-0.1, -0.05) is 49.8 Å². The maximum Gasteiger partial charge on any atom is 0.210 e. The SMILES string of the molecule is CCCCCCCCSSc1ncsn1. The summed E-state index contributed by atoms with van der Waals surface area (Å²) in [4.78, 5) is 4.12. The summed E-state index contributed by atoms with van der Waals surface area (Å²) in [5.41, 5.74) is 1.79. The van der Waals surface area contributed by atoms with E-state index in [-0.39, 0.29) is 0 Å². The Morgan fingerprint density at radius 1 is 1.20 bits per heavy atom. The molecule has 0 bridgehead atoms. The van der Waals surface area contributed by atoms with Gasteiger partial charge in [-0.05, 0) is 28.7 Å². The van der Waals surface area contributed by atoms with E-state index in [1.807, 2.05) is 10.8 Å². The van der Waals surface area contributed by atoms with E-state index >= 15 is 0 Å². The number of aromatic nitrogens is 2. The quantitative estimate of drug-likeness (QED) is 0.478. The molecule has 0 unspecified atom stereocenters. The van der Waals surface area contributed by atoms with Crippen molar-refractivity contribution in [2.24, 2.45) is 0 Å². The molecule has 0 radical (unpaired) electrons. The number of rotatable bonds is 9. The lowest BCUT2D eigenvalue weighted by molar-refractivity contribution is 0.627. The second-order valence-corrected chi connectivity index (χ2v) is 6.37.